The van der Waals surface area contributed by atoms with Gasteiger partial charge in [-0.15, -0.1) is 11.3 Å². The fraction of sp³-hybridized carbons (Fsp3) is 0.0769. The van der Waals surface area contributed by atoms with Gasteiger partial charge >= 0.3 is 0 Å². The third-order valence-corrected chi connectivity index (χ3v) is 4.96. The van der Waals surface area contributed by atoms with Crippen LogP contribution in [0.1, 0.15) is 4.88 Å². The number of thiazole rings is 1. The summed E-state index contributed by atoms with van der Waals surface area (Å²) in [5.74, 6) is -0.103. The molecule has 2 heterocycles. The highest BCUT2D eigenvalue weighted by Gasteiger charge is 2.10. The summed E-state index contributed by atoms with van der Waals surface area (Å²) in [6, 6.07) is 9.09. The van der Waals surface area contributed by atoms with Crippen molar-refractivity contribution in [3.63, 3.8) is 0 Å². The maximum Gasteiger partial charge on any atom is 0.231 e. The van der Waals surface area contributed by atoms with Crippen LogP contribution in [0.2, 0.25) is 9.36 Å². The van der Waals surface area contributed by atoms with Crippen LogP contribution in [0.4, 0.5) is 5.13 Å². The molecule has 3 nitrogen and oxygen atoms in total. The van der Waals surface area contributed by atoms with Gasteiger partial charge in [0, 0.05) is 9.90 Å². The van der Waals surface area contributed by atoms with Gasteiger partial charge in [0.2, 0.25) is 5.91 Å². The lowest BCUT2D eigenvalue weighted by Crippen LogP contribution is -2.13. The number of nitrogens with one attached hydrogen (secondary N) is 1. The first kappa shape index (κ1) is 13.8. The van der Waals surface area contributed by atoms with E-state index in [1.807, 2.05) is 18.2 Å². The minimum Gasteiger partial charge on any atom is -0.302 e. The Bertz CT molecular complexity index is 782. The van der Waals surface area contributed by atoms with E-state index in [1.54, 1.807) is 12.1 Å². The zero-order chi connectivity index (χ0) is 14.1. The monoisotopic (exact) mass is 342 g/mol. The second-order valence-corrected chi connectivity index (χ2v) is 7.33. The molecule has 3 rings (SSSR count). The van der Waals surface area contributed by atoms with Gasteiger partial charge in [-0.25, -0.2) is 4.98 Å². The smallest absolute Gasteiger partial charge is 0.231 e. The van der Waals surface area contributed by atoms with E-state index >= 15 is 0 Å². The molecule has 0 saturated heterocycles. The van der Waals surface area contributed by atoms with E-state index in [0.29, 0.717) is 20.9 Å². The molecule has 102 valence electrons. The van der Waals surface area contributed by atoms with Crippen molar-refractivity contribution in [1.29, 1.82) is 0 Å². The van der Waals surface area contributed by atoms with Crippen molar-refractivity contribution in [3.8, 4) is 0 Å². The van der Waals surface area contributed by atoms with E-state index in [1.165, 1.54) is 22.7 Å². The molecule has 0 spiro atoms. The van der Waals surface area contributed by atoms with Crippen molar-refractivity contribution in [3.05, 3.63) is 44.6 Å². The lowest BCUT2D eigenvalue weighted by atomic mass is 10.3. The number of thiophene rings is 1. The van der Waals surface area contributed by atoms with Crippen molar-refractivity contribution >= 4 is 67.1 Å². The Labute approximate surface area is 133 Å². The van der Waals surface area contributed by atoms with Gasteiger partial charge in [-0.2, -0.15) is 0 Å². The number of nitrogens with zero attached hydrogens (tertiary/aromatic N) is 1. The van der Waals surface area contributed by atoms with Crippen LogP contribution in [0, 0.1) is 0 Å². The number of carbonyl (C=O) groups is 1. The Hall–Kier alpha value is -1.14. The van der Waals surface area contributed by atoms with E-state index in [2.05, 4.69) is 10.3 Å². The fourth-order valence-corrected chi connectivity index (χ4v) is 3.96. The van der Waals surface area contributed by atoms with Gasteiger partial charge in [-0.1, -0.05) is 34.5 Å². The minimum absolute atomic E-state index is 0.103. The predicted molar refractivity (Wildman–Crippen MR) is 86.3 cm³/mol. The van der Waals surface area contributed by atoms with Crippen LogP contribution in [0.15, 0.2) is 30.3 Å². The van der Waals surface area contributed by atoms with Crippen molar-refractivity contribution in [2.24, 2.45) is 0 Å². The van der Waals surface area contributed by atoms with Crippen LogP contribution in [-0.2, 0) is 11.2 Å². The number of hydrogen-bond acceptors (Lipinski definition) is 4. The molecular weight excluding hydrogens is 335 g/mol. The number of halogens is 2. The number of amides is 1. The highest BCUT2D eigenvalue weighted by atomic mass is 35.5. The molecule has 2 aromatic heterocycles. The highest BCUT2D eigenvalue weighted by molar-refractivity contribution is 7.22. The largest absolute Gasteiger partial charge is 0.302 e. The molecule has 0 aliphatic rings. The summed E-state index contributed by atoms with van der Waals surface area (Å²) < 4.78 is 1.63. The Morgan fingerprint density at radius 2 is 2.05 bits per heavy atom. The summed E-state index contributed by atoms with van der Waals surface area (Å²) in [6.07, 6.45) is 0.300. The van der Waals surface area contributed by atoms with E-state index in [9.17, 15) is 4.79 Å². The van der Waals surface area contributed by atoms with Crippen molar-refractivity contribution in [2.45, 2.75) is 6.42 Å². The summed E-state index contributed by atoms with van der Waals surface area (Å²) in [6.45, 7) is 0. The molecule has 3 aromatic rings. The average molecular weight is 343 g/mol. The highest BCUT2D eigenvalue weighted by Crippen LogP contribution is 2.28. The molecular formula is C13H8Cl2N2OS2. The maximum absolute atomic E-state index is 11.9. The normalized spacial score (nSPS) is 10.9. The topological polar surface area (TPSA) is 42.0 Å². The molecule has 0 saturated carbocycles. The first-order valence-corrected chi connectivity index (χ1v) is 8.09. The van der Waals surface area contributed by atoms with Crippen molar-refractivity contribution < 1.29 is 4.79 Å². The van der Waals surface area contributed by atoms with E-state index in [-0.39, 0.29) is 5.91 Å². The maximum atomic E-state index is 11.9. The Morgan fingerprint density at radius 1 is 1.20 bits per heavy atom. The summed E-state index contributed by atoms with van der Waals surface area (Å²) in [7, 11) is 0. The van der Waals surface area contributed by atoms with Gasteiger partial charge in [-0.3, -0.25) is 4.79 Å². The number of rotatable bonds is 3. The van der Waals surface area contributed by atoms with Crippen molar-refractivity contribution in [2.75, 3.05) is 5.32 Å². The Kier molecular flexibility index (Phi) is 3.94. The number of anilines is 1. The second-order valence-electron chi connectivity index (χ2n) is 4.06. The number of hydrogen-bond donors (Lipinski definition) is 1. The van der Waals surface area contributed by atoms with E-state index < -0.39 is 0 Å². The van der Waals surface area contributed by atoms with Crippen LogP contribution < -0.4 is 5.32 Å². The van der Waals surface area contributed by atoms with Crippen LogP contribution in [-0.4, -0.2) is 10.9 Å². The van der Waals surface area contributed by atoms with Gasteiger partial charge in [0.15, 0.2) is 5.13 Å². The number of fused-ring (bicyclic) bond motifs is 1. The molecule has 1 amide bonds. The van der Waals surface area contributed by atoms with Crippen molar-refractivity contribution in [1.82, 2.24) is 4.98 Å². The molecule has 0 radical (unpaired) electrons. The molecule has 0 bridgehead atoms. The Balaban J connectivity index is 1.73. The molecule has 20 heavy (non-hydrogen) atoms. The standard InChI is InChI=1S/C13H8Cl2N2OS2/c14-7-1-3-9-10(5-7)20-13(16-9)17-12(18)6-8-2-4-11(15)19-8/h1-5H,6H2,(H,16,17,18). The molecule has 0 fully saturated rings. The fourth-order valence-electron chi connectivity index (χ4n) is 1.72. The number of benzene rings is 1. The van der Waals surface area contributed by atoms with Crippen LogP contribution in [0.5, 0.6) is 0 Å². The van der Waals surface area contributed by atoms with Gasteiger partial charge in [0.1, 0.15) is 0 Å². The van der Waals surface area contributed by atoms with E-state index in [4.69, 9.17) is 23.2 Å². The minimum atomic E-state index is -0.103. The molecule has 0 aliphatic carbocycles. The summed E-state index contributed by atoms with van der Waals surface area (Å²) in [5, 5.41) is 4.04. The Morgan fingerprint density at radius 3 is 2.80 bits per heavy atom. The third kappa shape index (κ3) is 3.12. The molecule has 7 heteroatoms. The SMILES string of the molecule is O=C(Cc1ccc(Cl)s1)Nc1nc2ccc(Cl)cc2s1. The zero-order valence-electron chi connectivity index (χ0n) is 10.0. The predicted octanol–water partition coefficient (Wildman–Crippen LogP) is 4.85. The number of carbonyl (C=O) groups excluding carboxylic acids is 1. The molecule has 0 unspecified atom stereocenters. The lowest BCUT2D eigenvalue weighted by molar-refractivity contribution is -0.115. The first-order valence-electron chi connectivity index (χ1n) is 5.70. The van der Waals surface area contributed by atoms with Gasteiger partial charge < -0.3 is 5.32 Å². The summed E-state index contributed by atoms with van der Waals surface area (Å²) >= 11 is 14.6. The summed E-state index contributed by atoms with van der Waals surface area (Å²) in [5.41, 5.74) is 0.828. The third-order valence-electron chi connectivity index (χ3n) is 2.56. The van der Waals surface area contributed by atoms with Gasteiger partial charge in [0.25, 0.3) is 0 Å². The van der Waals surface area contributed by atoms with Crippen LogP contribution >= 0.6 is 45.9 Å². The molecule has 1 N–H and O–H groups in total. The molecule has 0 aliphatic heterocycles. The summed E-state index contributed by atoms with van der Waals surface area (Å²) in [4.78, 5) is 17.2. The van der Waals surface area contributed by atoms with Gasteiger partial charge in [-0.05, 0) is 30.3 Å². The van der Waals surface area contributed by atoms with Crippen LogP contribution in [0.25, 0.3) is 10.2 Å². The second kappa shape index (κ2) is 5.69. The van der Waals surface area contributed by atoms with E-state index in [0.717, 1.165) is 15.1 Å². The zero-order valence-corrected chi connectivity index (χ0v) is 13.2. The molecule has 1 aromatic carbocycles. The van der Waals surface area contributed by atoms with Gasteiger partial charge in [0.05, 0.1) is 21.0 Å². The molecule has 0 atom stereocenters. The first-order chi connectivity index (χ1) is 9.60. The quantitative estimate of drug-likeness (QED) is 0.739. The lowest BCUT2D eigenvalue weighted by Gasteiger charge is -1.98. The van der Waals surface area contributed by atoms with Crippen LogP contribution in [0.3, 0.4) is 0 Å². The average Bonchev–Trinajstić information content (AvgIpc) is 2.94. The number of aromatic nitrogens is 1.